The van der Waals surface area contributed by atoms with Gasteiger partial charge >= 0.3 is 21.1 Å². The van der Waals surface area contributed by atoms with Crippen LogP contribution < -0.4 is 9.97 Å². The third kappa shape index (κ3) is 3.65. The van der Waals surface area contributed by atoms with Gasteiger partial charge in [-0.25, -0.2) is 9.97 Å². The molecule has 8 bridgehead atoms. The van der Waals surface area contributed by atoms with E-state index in [4.69, 9.17) is 19.9 Å². The molecule has 0 aliphatic carbocycles. The summed E-state index contributed by atoms with van der Waals surface area (Å²) in [6.45, 7) is 17.1. The smallest absolute Gasteiger partial charge is 0.657 e. The number of fused-ring (bicyclic) bond motifs is 8. The van der Waals surface area contributed by atoms with Crippen molar-refractivity contribution >= 4 is 44.4 Å². The minimum absolute atomic E-state index is 0. The van der Waals surface area contributed by atoms with Gasteiger partial charge in [0.2, 0.25) is 0 Å². The quantitative estimate of drug-likeness (QED) is 0.282. The van der Waals surface area contributed by atoms with Gasteiger partial charge < -0.3 is 9.97 Å². The summed E-state index contributed by atoms with van der Waals surface area (Å²) >= 11 is 0. The zero-order chi connectivity index (χ0) is 22.9. The van der Waals surface area contributed by atoms with Crippen LogP contribution in [0.2, 0.25) is 0 Å². The molecule has 2 aliphatic rings. The molecule has 4 nitrogen and oxygen atoms in total. The Balaban J connectivity index is 0.00000259. The van der Waals surface area contributed by atoms with Crippen LogP contribution in [-0.2, 0) is 21.1 Å². The van der Waals surface area contributed by atoms with Crippen LogP contribution in [-0.4, -0.2) is 9.97 Å². The summed E-state index contributed by atoms with van der Waals surface area (Å²) in [6.07, 6.45) is 0. The summed E-state index contributed by atoms with van der Waals surface area (Å²) < 4.78 is 0. The fraction of sp³-hybridized carbons (Fsp3) is 0.286. The molecular formula is C28H28N4Pt. The fourth-order valence-electron chi connectivity index (χ4n) is 4.37. The maximum atomic E-state index is 4.96. The van der Waals surface area contributed by atoms with Gasteiger partial charge in [0, 0.05) is 0 Å². The van der Waals surface area contributed by atoms with E-state index in [0.29, 0.717) is 0 Å². The third-order valence-electron chi connectivity index (χ3n) is 7.38. The molecule has 0 fully saturated rings. The Bertz CT molecular complexity index is 1320. The van der Waals surface area contributed by atoms with E-state index in [1.165, 1.54) is 44.5 Å². The van der Waals surface area contributed by atoms with E-state index in [9.17, 15) is 0 Å². The van der Waals surface area contributed by atoms with Crippen molar-refractivity contribution < 1.29 is 21.1 Å². The number of aryl methyl sites for hydroxylation is 4. The molecule has 2 aliphatic heterocycles. The minimum Gasteiger partial charge on any atom is -0.657 e. The first-order chi connectivity index (χ1) is 15.2. The van der Waals surface area contributed by atoms with Crippen molar-refractivity contribution in [3.05, 3.63) is 69.3 Å². The van der Waals surface area contributed by atoms with Gasteiger partial charge in [-0.05, 0) is 77.7 Å². The molecule has 5 heteroatoms. The number of aromatic nitrogens is 4. The standard InChI is InChI=1S/C28H28N4.Pt/c1-13-14(2)22-10-24-17(5)18(6)26(31-24)12-28-20(8)19(7)27(32-28)11-25-16(4)15(3)23(30-25)9-21(13)29-22;/h9-12H,1-8H3;/q-2;+2. The van der Waals surface area contributed by atoms with Crippen molar-refractivity contribution in [2.45, 2.75) is 55.4 Å². The van der Waals surface area contributed by atoms with Crippen molar-refractivity contribution in [1.82, 2.24) is 19.9 Å². The van der Waals surface area contributed by atoms with Crippen LogP contribution in [0, 0.1) is 27.7 Å². The first-order valence-electron chi connectivity index (χ1n) is 11.1. The van der Waals surface area contributed by atoms with Gasteiger partial charge in [0.1, 0.15) is 0 Å². The largest absolute Gasteiger partial charge is 2.00 e. The topological polar surface area (TPSA) is 54.0 Å². The summed E-state index contributed by atoms with van der Waals surface area (Å²) in [6, 6.07) is 8.46. The van der Waals surface area contributed by atoms with Crippen LogP contribution in [0.5, 0.6) is 0 Å². The molecule has 0 N–H and O–H groups in total. The van der Waals surface area contributed by atoms with Crippen LogP contribution in [0.25, 0.3) is 44.4 Å². The van der Waals surface area contributed by atoms with Crippen LogP contribution in [0.3, 0.4) is 0 Å². The Kier molecular flexibility index (Phi) is 5.86. The normalized spacial score (nSPS) is 13.6. The second-order valence-electron chi connectivity index (χ2n) is 9.11. The van der Waals surface area contributed by atoms with Crippen molar-refractivity contribution in [2.75, 3.05) is 0 Å². The molecular weight excluding hydrogens is 587 g/mol. The molecule has 5 heterocycles. The number of rotatable bonds is 0. The van der Waals surface area contributed by atoms with Gasteiger partial charge in [0.05, 0.1) is 22.8 Å². The monoisotopic (exact) mass is 615 g/mol. The first kappa shape index (κ1) is 23.4. The molecule has 0 radical (unpaired) electrons. The van der Waals surface area contributed by atoms with Crippen molar-refractivity contribution in [3.63, 3.8) is 0 Å². The van der Waals surface area contributed by atoms with Gasteiger partial charge in [0.15, 0.2) is 0 Å². The van der Waals surface area contributed by atoms with E-state index in [2.05, 4.69) is 79.7 Å². The Morgan fingerprint density at radius 3 is 0.848 bits per heavy atom. The summed E-state index contributed by atoms with van der Waals surface area (Å²) in [7, 11) is 0. The van der Waals surface area contributed by atoms with Crippen molar-refractivity contribution in [2.24, 2.45) is 0 Å². The maximum absolute atomic E-state index is 4.96. The second-order valence-corrected chi connectivity index (χ2v) is 9.11. The van der Waals surface area contributed by atoms with E-state index in [-0.39, 0.29) is 21.1 Å². The molecule has 0 unspecified atom stereocenters. The van der Waals surface area contributed by atoms with Gasteiger partial charge in [-0.3, -0.25) is 0 Å². The molecule has 0 spiro atoms. The number of hydrogen-bond acceptors (Lipinski definition) is 2. The molecule has 5 rings (SSSR count). The van der Waals surface area contributed by atoms with Gasteiger partial charge in [-0.15, -0.1) is 22.1 Å². The molecule has 170 valence electrons. The van der Waals surface area contributed by atoms with Crippen molar-refractivity contribution in [3.8, 4) is 0 Å². The SMILES string of the molecule is CC1=C(C)c2cc3[n-]c(cc4nc(cc5[n-]c(cc1n2)c(C)c5C)C(C)=C4C)c(C)c3C.[Pt+2]. The van der Waals surface area contributed by atoms with Crippen LogP contribution in [0.15, 0.2) is 24.3 Å². The molecule has 0 saturated heterocycles. The van der Waals surface area contributed by atoms with E-state index in [0.717, 1.165) is 44.8 Å². The Hall–Kier alpha value is -2.71. The summed E-state index contributed by atoms with van der Waals surface area (Å²) in [5, 5.41) is 0. The molecule has 0 atom stereocenters. The molecule has 0 amide bonds. The Labute approximate surface area is 209 Å². The molecule has 33 heavy (non-hydrogen) atoms. The summed E-state index contributed by atoms with van der Waals surface area (Å²) in [5.41, 5.74) is 17.3. The zero-order valence-corrected chi connectivity index (χ0v) is 22.7. The van der Waals surface area contributed by atoms with Gasteiger partial charge in [-0.1, -0.05) is 46.5 Å². The maximum Gasteiger partial charge on any atom is 2.00 e. The number of nitrogens with zero attached hydrogens (tertiary/aromatic N) is 4. The second kappa shape index (κ2) is 8.25. The number of hydrogen-bond donors (Lipinski definition) is 0. The van der Waals surface area contributed by atoms with Crippen LogP contribution in [0.1, 0.15) is 72.7 Å². The van der Waals surface area contributed by atoms with Crippen LogP contribution >= 0.6 is 0 Å². The Morgan fingerprint density at radius 1 is 0.424 bits per heavy atom. The van der Waals surface area contributed by atoms with E-state index in [1.807, 2.05) is 0 Å². The zero-order valence-electron chi connectivity index (χ0n) is 20.4. The van der Waals surface area contributed by atoms with E-state index in [1.54, 1.807) is 0 Å². The molecule has 3 aromatic rings. The third-order valence-corrected chi connectivity index (χ3v) is 7.38. The first-order valence-corrected chi connectivity index (χ1v) is 11.1. The molecule has 3 aromatic heterocycles. The molecule has 0 saturated carbocycles. The summed E-state index contributed by atoms with van der Waals surface area (Å²) in [4.78, 5) is 19.9. The van der Waals surface area contributed by atoms with Gasteiger partial charge in [-0.2, -0.15) is 0 Å². The predicted molar refractivity (Wildman–Crippen MR) is 134 cm³/mol. The Morgan fingerprint density at radius 2 is 0.636 bits per heavy atom. The average molecular weight is 616 g/mol. The van der Waals surface area contributed by atoms with Gasteiger partial charge in [0.25, 0.3) is 0 Å². The van der Waals surface area contributed by atoms with Crippen molar-refractivity contribution in [1.29, 1.82) is 0 Å². The predicted octanol–water partition coefficient (Wildman–Crippen LogP) is 6.71. The fourth-order valence-corrected chi connectivity index (χ4v) is 4.37. The average Bonchev–Trinajstić information content (AvgIpc) is 3.37. The van der Waals surface area contributed by atoms with Crippen LogP contribution in [0.4, 0.5) is 0 Å². The molecule has 0 aromatic carbocycles. The number of allylic oxidation sites excluding steroid dienone is 4. The van der Waals surface area contributed by atoms with E-state index >= 15 is 0 Å². The summed E-state index contributed by atoms with van der Waals surface area (Å²) in [5.74, 6) is 0. The van der Waals surface area contributed by atoms with E-state index < -0.39 is 0 Å². The minimum atomic E-state index is 0.